The Hall–Kier alpha value is -4.72. The fourth-order valence-corrected chi connectivity index (χ4v) is 12.9. The zero-order valence-corrected chi connectivity index (χ0v) is 37.3. The smallest absolute Gasteiger partial charge is 0.387 e. The van der Waals surface area contributed by atoms with Gasteiger partial charge in [-0.1, -0.05) is 65.7 Å². The Balaban J connectivity index is 1.14. The highest BCUT2D eigenvalue weighted by Gasteiger charge is 2.60. The van der Waals surface area contributed by atoms with Crippen molar-refractivity contribution in [2.75, 3.05) is 38.5 Å². The van der Waals surface area contributed by atoms with Gasteiger partial charge in [0.15, 0.2) is 34.8 Å². The molecule has 3 aromatic carbocycles. The first-order valence-electron chi connectivity index (χ1n) is 20.7. The van der Waals surface area contributed by atoms with E-state index in [2.05, 4.69) is 10.2 Å². The fourth-order valence-electron chi connectivity index (χ4n) is 8.69. The minimum atomic E-state index is -4.81. The Labute approximate surface area is 382 Å². The summed E-state index contributed by atoms with van der Waals surface area (Å²) in [6, 6.07) is 16.2. The van der Waals surface area contributed by atoms with E-state index in [0.717, 1.165) is 73.3 Å². The molecule has 1 amide bonds. The molecule has 9 rings (SSSR count). The monoisotopic (exact) mass is 960 g/mol. The lowest BCUT2D eigenvalue weighted by Gasteiger charge is -2.44. The number of hydrogen-bond acceptors (Lipinski definition) is 11. The molecule has 0 spiro atoms. The van der Waals surface area contributed by atoms with E-state index >= 15 is 0 Å². The zero-order chi connectivity index (χ0) is 45.3. The normalized spacial score (nSPS) is 23.0. The van der Waals surface area contributed by atoms with Crippen LogP contribution in [0.15, 0.2) is 90.1 Å². The van der Waals surface area contributed by atoms with Crippen molar-refractivity contribution in [1.82, 2.24) is 14.5 Å². The van der Waals surface area contributed by atoms with Crippen LogP contribution in [-0.4, -0.2) is 96.7 Å². The van der Waals surface area contributed by atoms with Crippen LogP contribution >= 0.6 is 35.0 Å². The highest BCUT2D eigenvalue weighted by molar-refractivity contribution is 8.02. The van der Waals surface area contributed by atoms with Crippen LogP contribution in [0.25, 0.3) is 0 Å². The predicted octanol–water partition coefficient (Wildman–Crippen LogP) is 6.67. The second kappa shape index (κ2) is 19.0. The number of ether oxygens (including phenoxy) is 3. The molecule has 0 radical (unpaired) electrons. The summed E-state index contributed by atoms with van der Waals surface area (Å²) >= 11 is 13.9. The van der Waals surface area contributed by atoms with Gasteiger partial charge in [-0.05, 0) is 98.5 Å². The van der Waals surface area contributed by atoms with Gasteiger partial charge in [0, 0.05) is 35.9 Å². The van der Waals surface area contributed by atoms with E-state index in [1.54, 1.807) is 30.3 Å². The summed E-state index contributed by atoms with van der Waals surface area (Å²) in [4.78, 5) is 41.2. The van der Waals surface area contributed by atoms with Crippen LogP contribution in [0.5, 0.6) is 11.5 Å². The number of rotatable bonds is 17. The number of fused-ring (bicyclic) bond motifs is 3. The number of carbonyl (C=O) groups excluding carboxylic acids is 2. The molecule has 1 aromatic heterocycles. The lowest BCUT2D eigenvalue weighted by atomic mass is 9.85. The lowest BCUT2D eigenvalue weighted by molar-refractivity contribution is -0.605. The van der Waals surface area contributed by atoms with Crippen LogP contribution in [0.4, 0.5) is 8.78 Å². The molecule has 4 aromatic rings. The number of piperidine rings is 3. The van der Waals surface area contributed by atoms with Crippen molar-refractivity contribution in [3.8, 4) is 11.5 Å². The maximum Gasteiger partial charge on any atom is 0.387 e. The van der Waals surface area contributed by atoms with Gasteiger partial charge in [0.2, 0.25) is 10.0 Å². The van der Waals surface area contributed by atoms with E-state index in [1.165, 1.54) is 36.4 Å². The van der Waals surface area contributed by atoms with Gasteiger partial charge in [-0.2, -0.15) is 17.8 Å². The number of halogens is 4. The van der Waals surface area contributed by atoms with Gasteiger partial charge in [-0.15, -0.1) is 11.8 Å². The number of alkyl halides is 2. The molecule has 64 heavy (non-hydrogen) atoms. The molecule has 20 heteroatoms. The Morgan fingerprint density at radius 1 is 0.938 bits per heavy atom. The molecule has 4 atom stereocenters. The first-order chi connectivity index (χ1) is 30.6. The van der Waals surface area contributed by atoms with Crippen LogP contribution in [-0.2, 0) is 30.8 Å². The third kappa shape index (κ3) is 9.63. The summed E-state index contributed by atoms with van der Waals surface area (Å²) in [5, 5.41) is 26.0. The molecule has 2 bridgehead atoms. The number of carboxylic acids is 1. The molecular formula is C44H44Cl2F2N4O10S2. The Kier molecular flexibility index (Phi) is 13.6. The number of esters is 1. The minimum Gasteiger partial charge on any atom is -0.619 e. The number of thioether (sulfide) groups is 1. The number of nitrogens with zero attached hydrogens (tertiary/aromatic N) is 3. The quantitative estimate of drug-likeness (QED) is 0.0654. The zero-order valence-electron chi connectivity index (χ0n) is 34.1. The molecule has 1 unspecified atom stereocenters. The summed E-state index contributed by atoms with van der Waals surface area (Å²) in [5.41, 5.74) is 0.595. The van der Waals surface area contributed by atoms with Crippen LogP contribution in [0.1, 0.15) is 64.7 Å². The third-order valence-electron chi connectivity index (χ3n) is 12.2. The Bertz CT molecular complexity index is 2490. The summed E-state index contributed by atoms with van der Waals surface area (Å²) in [5.74, 6) is -4.43. The number of nitrogens with one attached hydrogen (secondary N) is 1. The average Bonchev–Trinajstić information content (AvgIpc) is 3.99. The number of amides is 1. The first-order valence-corrected chi connectivity index (χ1v) is 23.9. The van der Waals surface area contributed by atoms with E-state index < -0.39 is 56.2 Å². The topological polar surface area (TPSA) is 179 Å². The fraction of sp³-hybridized carbons (Fsp3) is 0.409. The van der Waals surface area contributed by atoms with E-state index in [1.807, 2.05) is 0 Å². The SMILES string of the molecule is O=C(NC(C(=O)O[C@H]1CN2CCC1CC2)c1ccccc1)c1cccc(S(=O)(=O)N2CCS[C@]2(C(=O)O)[C@@H](Cc2c(Cl)c[n+]([O-])cc2Cl)c2ccc(OC(F)F)c(OCC3CC3)c2)c1. The van der Waals surface area contributed by atoms with Crippen molar-refractivity contribution in [3.63, 3.8) is 0 Å². The lowest BCUT2D eigenvalue weighted by Crippen LogP contribution is -2.55. The van der Waals surface area contributed by atoms with Gasteiger partial charge in [0.25, 0.3) is 5.91 Å². The van der Waals surface area contributed by atoms with Crippen molar-refractivity contribution in [2.24, 2.45) is 11.8 Å². The number of hydrogen-bond donors (Lipinski definition) is 2. The van der Waals surface area contributed by atoms with E-state index in [4.69, 9.17) is 37.4 Å². The van der Waals surface area contributed by atoms with Gasteiger partial charge >= 0.3 is 18.6 Å². The van der Waals surface area contributed by atoms with Gasteiger partial charge < -0.3 is 29.8 Å². The average molecular weight is 962 g/mol. The molecule has 14 nitrogen and oxygen atoms in total. The van der Waals surface area contributed by atoms with Crippen LogP contribution in [0.2, 0.25) is 10.0 Å². The first kappa shape index (κ1) is 45.8. The van der Waals surface area contributed by atoms with Crippen LogP contribution in [0, 0.1) is 17.0 Å². The van der Waals surface area contributed by atoms with Crippen LogP contribution in [0.3, 0.4) is 0 Å². The highest BCUT2D eigenvalue weighted by Crippen LogP contribution is 2.52. The Morgan fingerprint density at radius 3 is 2.30 bits per heavy atom. The molecule has 5 fully saturated rings. The van der Waals surface area contributed by atoms with Crippen LogP contribution < -0.4 is 19.5 Å². The minimum absolute atomic E-state index is 0.00286. The molecule has 2 N–H and O–H groups in total. The maximum absolute atomic E-state index is 15.0. The second-order valence-electron chi connectivity index (χ2n) is 16.3. The molecule has 4 saturated heterocycles. The second-order valence-corrected chi connectivity index (χ2v) is 20.3. The van der Waals surface area contributed by atoms with Gasteiger partial charge in [0.1, 0.15) is 16.1 Å². The molecule has 1 aliphatic carbocycles. The number of sulfonamides is 1. The molecule has 5 heterocycles. The van der Waals surface area contributed by atoms with Crippen molar-refractivity contribution in [1.29, 1.82) is 0 Å². The highest BCUT2D eigenvalue weighted by atomic mass is 35.5. The number of carbonyl (C=O) groups is 3. The number of aliphatic carboxylic acids is 1. The number of carboxylic acid groups (broad SMARTS) is 1. The summed E-state index contributed by atoms with van der Waals surface area (Å²) in [6.45, 7) is -0.887. The summed E-state index contributed by atoms with van der Waals surface area (Å²) in [6.07, 6.45) is 4.88. The van der Waals surface area contributed by atoms with E-state index in [-0.39, 0.29) is 81.5 Å². The third-order valence-corrected chi connectivity index (χ3v) is 16.4. The maximum atomic E-state index is 15.0. The molecule has 1 saturated carbocycles. The largest absolute Gasteiger partial charge is 0.619 e. The van der Waals surface area contributed by atoms with Crippen molar-refractivity contribution in [2.45, 2.75) is 66.5 Å². The van der Waals surface area contributed by atoms with Gasteiger partial charge in [-0.25, -0.2) is 18.0 Å². The molecule has 340 valence electrons. The van der Waals surface area contributed by atoms with Gasteiger partial charge in [-0.3, -0.25) is 9.69 Å². The number of aromatic nitrogens is 1. The predicted molar refractivity (Wildman–Crippen MR) is 232 cm³/mol. The molecule has 4 aliphatic heterocycles. The summed E-state index contributed by atoms with van der Waals surface area (Å²) < 4.78 is 75.0. The van der Waals surface area contributed by atoms with Crippen molar-refractivity contribution < 1.29 is 55.6 Å². The molecular weight excluding hydrogens is 918 g/mol. The van der Waals surface area contributed by atoms with Crippen molar-refractivity contribution >= 4 is 62.8 Å². The molecule has 5 aliphatic rings. The van der Waals surface area contributed by atoms with E-state index in [0.29, 0.717) is 16.8 Å². The van der Waals surface area contributed by atoms with E-state index in [9.17, 15) is 41.9 Å². The summed E-state index contributed by atoms with van der Waals surface area (Å²) in [7, 11) is -4.81. The Morgan fingerprint density at radius 2 is 1.66 bits per heavy atom. The van der Waals surface area contributed by atoms with Crippen molar-refractivity contribution in [3.05, 3.63) is 123 Å². The number of pyridine rings is 1. The standard InChI is InChI=1S/C44H44Cl2F2N4O10S2/c45-34-22-51(57)23-35(46)32(34)21-33(29-11-12-36(62-43(47)48)37(20-29)60-25-26-9-10-26)44(42(55)56)52(17-18-63-44)64(58,59)31-8-4-7-30(19-31)40(53)49-39(28-5-2-1-3-6-28)41(54)61-38-24-50-15-13-27(38)14-16-50/h1-8,11-12,19-20,22-23,26-27,33,38-39,43H,9-10,13-18,21,24-25H2,(H,49,53)(H,55,56)/t33-,38-,39?,44-/m0/s1. The number of benzene rings is 3. The van der Waals surface area contributed by atoms with Gasteiger partial charge in [0.05, 0.1) is 11.5 Å².